The van der Waals surface area contributed by atoms with E-state index in [1.165, 1.54) is 0 Å². The second-order valence-corrected chi connectivity index (χ2v) is 5.65. The van der Waals surface area contributed by atoms with Crippen LogP contribution in [0.1, 0.15) is 39.0 Å². The van der Waals surface area contributed by atoms with E-state index in [4.69, 9.17) is 5.73 Å². The third-order valence-electron chi connectivity index (χ3n) is 3.63. The lowest BCUT2D eigenvalue weighted by Crippen LogP contribution is -2.56. The van der Waals surface area contributed by atoms with Crippen molar-refractivity contribution >= 4 is 5.91 Å². The number of carbonyl (C=O) groups excluding carboxylic acids is 1. The zero-order valence-corrected chi connectivity index (χ0v) is 11.8. The first kappa shape index (κ1) is 17.2. The number of ether oxygens (including phenoxy) is 1. The van der Waals surface area contributed by atoms with Crippen LogP contribution in [0.4, 0.5) is 13.2 Å². The van der Waals surface area contributed by atoms with Gasteiger partial charge in [-0.1, -0.05) is 19.8 Å². The average molecular weight is 296 g/mol. The lowest BCUT2D eigenvalue weighted by atomic mass is 9.76. The molecule has 0 saturated heterocycles. The number of rotatable bonds is 6. The SMILES string of the molecule is CC1CCCC(CN)(NC(=O)CCOCC(F)(F)F)C1. The van der Waals surface area contributed by atoms with Crippen molar-refractivity contribution in [2.75, 3.05) is 19.8 Å². The summed E-state index contributed by atoms with van der Waals surface area (Å²) in [5.74, 6) is 0.195. The fourth-order valence-corrected chi connectivity index (χ4v) is 2.72. The number of carbonyl (C=O) groups is 1. The molecule has 2 atom stereocenters. The minimum Gasteiger partial charge on any atom is -0.372 e. The van der Waals surface area contributed by atoms with Gasteiger partial charge in [0.1, 0.15) is 6.61 Å². The highest BCUT2D eigenvalue weighted by atomic mass is 19.4. The van der Waals surface area contributed by atoms with Crippen molar-refractivity contribution in [1.29, 1.82) is 0 Å². The van der Waals surface area contributed by atoms with Crippen LogP contribution < -0.4 is 11.1 Å². The molecule has 20 heavy (non-hydrogen) atoms. The normalized spacial score (nSPS) is 27.4. The van der Waals surface area contributed by atoms with Crippen molar-refractivity contribution in [1.82, 2.24) is 5.32 Å². The van der Waals surface area contributed by atoms with Crippen LogP contribution in [-0.2, 0) is 9.53 Å². The number of nitrogens with two attached hydrogens (primary N) is 1. The largest absolute Gasteiger partial charge is 0.411 e. The number of amides is 1. The smallest absolute Gasteiger partial charge is 0.372 e. The van der Waals surface area contributed by atoms with Crippen LogP contribution in [0.25, 0.3) is 0 Å². The Morgan fingerprint density at radius 3 is 2.75 bits per heavy atom. The molecule has 0 bridgehead atoms. The Hall–Kier alpha value is -0.820. The maximum atomic E-state index is 11.9. The van der Waals surface area contributed by atoms with Gasteiger partial charge in [-0.2, -0.15) is 13.2 Å². The van der Waals surface area contributed by atoms with E-state index in [0.29, 0.717) is 12.5 Å². The Morgan fingerprint density at radius 1 is 1.50 bits per heavy atom. The molecule has 0 spiro atoms. The van der Waals surface area contributed by atoms with Gasteiger partial charge in [-0.05, 0) is 18.8 Å². The molecule has 1 saturated carbocycles. The molecule has 7 heteroatoms. The van der Waals surface area contributed by atoms with Crippen LogP contribution in [0.3, 0.4) is 0 Å². The third kappa shape index (κ3) is 6.09. The number of halogens is 3. The molecule has 3 N–H and O–H groups in total. The summed E-state index contributed by atoms with van der Waals surface area (Å²) in [7, 11) is 0. The summed E-state index contributed by atoms with van der Waals surface area (Å²) in [6.45, 7) is 0.912. The minimum atomic E-state index is -4.35. The summed E-state index contributed by atoms with van der Waals surface area (Å²) in [5, 5.41) is 2.88. The minimum absolute atomic E-state index is 0.0772. The van der Waals surface area contributed by atoms with Gasteiger partial charge in [0.05, 0.1) is 12.1 Å². The van der Waals surface area contributed by atoms with Gasteiger partial charge < -0.3 is 15.8 Å². The number of nitrogens with one attached hydrogen (secondary N) is 1. The van der Waals surface area contributed by atoms with Crippen LogP contribution in [0.5, 0.6) is 0 Å². The zero-order chi connectivity index (χ0) is 15.2. The third-order valence-corrected chi connectivity index (χ3v) is 3.63. The number of hydrogen-bond acceptors (Lipinski definition) is 3. The Kier molecular flexibility index (Phi) is 6.26. The van der Waals surface area contributed by atoms with Gasteiger partial charge in [0.2, 0.25) is 5.91 Å². The molecule has 0 heterocycles. The molecule has 1 rings (SSSR count). The Morgan fingerprint density at radius 2 is 2.20 bits per heavy atom. The summed E-state index contributed by atoms with van der Waals surface area (Å²) in [4.78, 5) is 11.8. The monoisotopic (exact) mass is 296 g/mol. The fourth-order valence-electron chi connectivity index (χ4n) is 2.72. The van der Waals surface area contributed by atoms with Crippen molar-refractivity contribution in [3.8, 4) is 0 Å². The summed E-state index contributed by atoms with van der Waals surface area (Å²) < 4.78 is 40.0. The standard InChI is InChI=1S/C13H23F3N2O2/c1-10-3-2-5-12(7-10,8-17)18-11(19)4-6-20-9-13(14,15)16/h10H,2-9,17H2,1H3,(H,18,19). The van der Waals surface area contributed by atoms with Crippen molar-refractivity contribution in [2.24, 2.45) is 11.7 Å². The van der Waals surface area contributed by atoms with Gasteiger partial charge >= 0.3 is 6.18 Å². The maximum absolute atomic E-state index is 11.9. The Balaban J connectivity index is 2.33. The Labute approximate surface area is 117 Å². The molecular formula is C13H23F3N2O2. The molecule has 4 nitrogen and oxygen atoms in total. The second-order valence-electron chi connectivity index (χ2n) is 5.65. The molecule has 0 aromatic rings. The van der Waals surface area contributed by atoms with E-state index >= 15 is 0 Å². The molecule has 1 aliphatic rings. The first-order valence-electron chi connectivity index (χ1n) is 6.92. The molecule has 118 valence electrons. The van der Waals surface area contributed by atoms with Crippen molar-refractivity contribution in [3.63, 3.8) is 0 Å². The van der Waals surface area contributed by atoms with Crippen LogP contribution in [0.15, 0.2) is 0 Å². The number of hydrogen-bond donors (Lipinski definition) is 2. The molecule has 1 amide bonds. The van der Waals surface area contributed by atoms with Crippen LogP contribution in [0, 0.1) is 5.92 Å². The summed E-state index contributed by atoms with van der Waals surface area (Å²) >= 11 is 0. The summed E-state index contributed by atoms with van der Waals surface area (Å²) in [6, 6.07) is 0. The first-order chi connectivity index (χ1) is 9.26. The van der Waals surface area contributed by atoms with E-state index in [1.54, 1.807) is 0 Å². The van der Waals surface area contributed by atoms with Crippen LogP contribution in [-0.4, -0.2) is 37.4 Å². The molecule has 1 fully saturated rings. The molecule has 0 aromatic heterocycles. The van der Waals surface area contributed by atoms with Crippen LogP contribution in [0.2, 0.25) is 0 Å². The highest BCUT2D eigenvalue weighted by Crippen LogP contribution is 2.31. The maximum Gasteiger partial charge on any atom is 0.411 e. The number of alkyl halides is 3. The molecule has 0 aliphatic heterocycles. The predicted molar refractivity (Wildman–Crippen MR) is 69.1 cm³/mol. The quantitative estimate of drug-likeness (QED) is 0.737. The summed E-state index contributed by atoms with van der Waals surface area (Å²) in [5.41, 5.74) is 5.36. The van der Waals surface area contributed by atoms with E-state index in [1.807, 2.05) is 0 Å². The highest BCUT2D eigenvalue weighted by Gasteiger charge is 2.35. The van der Waals surface area contributed by atoms with Crippen molar-refractivity contribution in [3.05, 3.63) is 0 Å². The van der Waals surface area contributed by atoms with Crippen molar-refractivity contribution in [2.45, 2.75) is 50.7 Å². The van der Waals surface area contributed by atoms with E-state index in [0.717, 1.165) is 25.7 Å². The summed E-state index contributed by atoms with van der Waals surface area (Å²) in [6.07, 6.45) is -0.670. The van der Waals surface area contributed by atoms with Crippen molar-refractivity contribution < 1.29 is 22.7 Å². The van der Waals surface area contributed by atoms with Gasteiger partial charge in [-0.3, -0.25) is 4.79 Å². The molecular weight excluding hydrogens is 273 g/mol. The first-order valence-corrected chi connectivity index (χ1v) is 6.92. The fraction of sp³-hybridized carbons (Fsp3) is 0.923. The predicted octanol–water partition coefficient (Wildman–Crippen LogP) is 1.98. The van der Waals surface area contributed by atoms with Gasteiger partial charge in [-0.15, -0.1) is 0 Å². The lowest BCUT2D eigenvalue weighted by molar-refractivity contribution is -0.174. The van der Waals surface area contributed by atoms with Gasteiger partial charge in [0.25, 0.3) is 0 Å². The lowest BCUT2D eigenvalue weighted by Gasteiger charge is -2.40. The topological polar surface area (TPSA) is 64.3 Å². The Bertz CT molecular complexity index is 323. The second kappa shape index (κ2) is 7.26. The van der Waals surface area contributed by atoms with E-state index in [2.05, 4.69) is 17.0 Å². The van der Waals surface area contributed by atoms with E-state index < -0.39 is 18.3 Å². The van der Waals surface area contributed by atoms with Gasteiger partial charge in [0, 0.05) is 13.0 Å². The van der Waals surface area contributed by atoms with Gasteiger partial charge in [-0.25, -0.2) is 0 Å². The molecule has 0 aromatic carbocycles. The van der Waals surface area contributed by atoms with E-state index in [-0.39, 0.29) is 18.9 Å². The van der Waals surface area contributed by atoms with Gasteiger partial charge in [0.15, 0.2) is 0 Å². The molecule has 1 aliphatic carbocycles. The van der Waals surface area contributed by atoms with E-state index in [9.17, 15) is 18.0 Å². The average Bonchev–Trinajstić information content (AvgIpc) is 2.33. The molecule has 2 unspecified atom stereocenters. The van der Waals surface area contributed by atoms with Crippen LogP contribution >= 0.6 is 0 Å². The zero-order valence-electron chi connectivity index (χ0n) is 11.8. The molecule has 0 radical (unpaired) electrons. The highest BCUT2D eigenvalue weighted by molar-refractivity contribution is 5.77.